The summed E-state index contributed by atoms with van der Waals surface area (Å²) in [6.45, 7) is 5.05. The van der Waals surface area contributed by atoms with Crippen LogP contribution in [0.3, 0.4) is 0 Å². The third kappa shape index (κ3) is 2.86. The van der Waals surface area contributed by atoms with Crippen LogP contribution in [-0.2, 0) is 19.4 Å². The van der Waals surface area contributed by atoms with Gasteiger partial charge in [-0.15, -0.1) is 0 Å². The van der Waals surface area contributed by atoms with E-state index < -0.39 is 0 Å². The average Bonchev–Trinajstić information content (AvgIpc) is 3.26. The van der Waals surface area contributed by atoms with Gasteiger partial charge in [0, 0.05) is 23.8 Å². The molecule has 3 nitrogen and oxygen atoms in total. The molecule has 0 unspecified atom stereocenters. The predicted octanol–water partition coefficient (Wildman–Crippen LogP) is 3.39. The van der Waals surface area contributed by atoms with Gasteiger partial charge in [0.15, 0.2) is 0 Å². The summed E-state index contributed by atoms with van der Waals surface area (Å²) in [6.07, 6.45) is 4.26. The van der Waals surface area contributed by atoms with Gasteiger partial charge in [-0.1, -0.05) is 26.0 Å². The van der Waals surface area contributed by atoms with Crippen molar-refractivity contribution in [1.82, 2.24) is 15.1 Å². The van der Waals surface area contributed by atoms with E-state index in [0.717, 1.165) is 30.8 Å². The van der Waals surface area contributed by atoms with Crippen LogP contribution in [0.2, 0.25) is 0 Å². The van der Waals surface area contributed by atoms with E-state index in [1.807, 2.05) is 6.07 Å². The first-order valence-corrected chi connectivity index (χ1v) is 7.82. The minimum atomic E-state index is -0.223. The Morgan fingerprint density at radius 2 is 2.00 bits per heavy atom. The van der Waals surface area contributed by atoms with Gasteiger partial charge in [0.25, 0.3) is 0 Å². The first-order valence-electron chi connectivity index (χ1n) is 7.82. The minimum Gasteiger partial charge on any atom is -0.310 e. The molecule has 1 fully saturated rings. The van der Waals surface area contributed by atoms with Gasteiger partial charge in [0.05, 0.1) is 5.69 Å². The summed E-state index contributed by atoms with van der Waals surface area (Å²) in [6, 6.07) is 7.51. The number of benzene rings is 1. The molecule has 0 atom stereocenters. The van der Waals surface area contributed by atoms with Crippen molar-refractivity contribution < 1.29 is 4.39 Å². The Balaban J connectivity index is 2.01. The lowest BCUT2D eigenvalue weighted by atomic mass is 10.1. The maximum Gasteiger partial charge on any atom is 0.148 e. The van der Waals surface area contributed by atoms with Crippen molar-refractivity contribution in [2.75, 3.05) is 0 Å². The lowest BCUT2D eigenvalue weighted by molar-refractivity contribution is 0.605. The second-order valence-corrected chi connectivity index (χ2v) is 5.60. The molecule has 0 radical (unpaired) electrons. The van der Waals surface area contributed by atoms with E-state index in [9.17, 15) is 4.39 Å². The topological polar surface area (TPSA) is 29.9 Å². The number of aryl methyl sites for hydroxylation is 1. The lowest BCUT2D eigenvalue weighted by Gasteiger charge is -2.09. The highest BCUT2D eigenvalue weighted by Crippen LogP contribution is 2.24. The van der Waals surface area contributed by atoms with Crippen molar-refractivity contribution in [3.63, 3.8) is 0 Å². The number of aromatic nitrogens is 2. The number of rotatable bonds is 6. The Bertz CT molecular complexity index is 629. The molecule has 1 aliphatic rings. The molecule has 1 aromatic carbocycles. The summed E-state index contributed by atoms with van der Waals surface area (Å²) in [4.78, 5) is 0. The molecule has 1 heterocycles. The third-order valence-electron chi connectivity index (χ3n) is 4.07. The van der Waals surface area contributed by atoms with Crippen molar-refractivity contribution >= 4 is 0 Å². The largest absolute Gasteiger partial charge is 0.310 e. The Morgan fingerprint density at radius 1 is 1.24 bits per heavy atom. The molecule has 1 saturated carbocycles. The molecule has 4 heteroatoms. The Kier molecular flexibility index (Phi) is 4.06. The molecule has 2 aromatic rings. The molecule has 1 N–H and O–H groups in total. The van der Waals surface area contributed by atoms with E-state index in [1.54, 1.807) is 16.8 Å². The van der Waals surface area contributed by atoms with Gasteiger partial charge in [0.1, 0.15) is 11.5 Å². The van der Waals surface area contributed by atoms with Gasteiger partial charge >= 0.3 is 0 Å². The van der Waals surface area contributed by atoms with E-state index in [0.29, 0.717) is 11.7 Å². The summed E-state index contributed by atoms with van der Waals surface area (Å²) in [5.41, 5.74) is 3.98. The summed E-state index contributed by atoms with van der Waals surface area (Å²) in [5.74, 6) is -0.223. The van der Waals surface area contributed by atoms with Crippen LogP contribution in [0, 0.1) is 5.82 Å². The SMILES string of the molecule is CCc1nn(-c2ccccc2F)c(CC)c1CNC1CC1. The van der Waals surface area contributed by atoms with Crippen LogP contribution in [0.5, 0.6) is 0 Å². The molecule has 0 saturated heterocycles. The van der Waals surface area contributed by atoms with Gasteiger partial charge in [-0.25, -0.2) is 9.07 Å². The van der Waals surface area contributed by atoms with Crippen molar-refractivity contribution in [3.05, 3.63) is 47.0 Å². The Labute approximate surface area is 125 Å². The van der Waals surface area contributed by atoms with E-state index in [2.05, 4.69) is 24.3 Å². The van der Waals surface area contributed by atoms with Crippen molar-refractivity contribution in [2.45, 2.75) is 52.1 Å². The molecule has 1 aliphatic carbocycles. The number of hydrogen-bond donors (Lipinski definition) is 1. The van der Waals surface area contributed by atoms with Crippen LogP contribution >= 0.6 is 0 Å². The predicted molar refractivity (Wildman–Crippen MR) is 82.1 cm³/mol. The molecule has 3 rings (SSSR count). The van der Waals surface area contributed by atoms with E-state index in [4.69, 9.17) is 0 Å². The summed E-state index contributed by atoms with van der Waals surface area (Å²) in [7, 11) is 0. The number of hydrogen-bond acceptors (Lipinski definition) is 2. The van der Waals surface area contributed by atoms with Crippen LogP contribution in [0.15, 0.2) is 24.3 Å². The third-order valence-corrected chi connectivity index (χ3v) is 4.07. The number of halogens is 1. The molecule has 1 aromatic heterocycles. The first-order chi connectivity index (χ1) is 10.2. The van der Waals surface area contributed by atoms with Crippen molar-refractivity contribution in [3.8, 4) is 5.69 Å². The lowest BCUT2D eigenvalue weighted by Crippen LogP contribution is -2.17. The fourth-order valence-electron chi connectivity index (χ4n) is 2.74. The summed E-state index contributed by atoms with van der Waals surface area (Å²) < 4.78 is 15.9. The van der Waals surface area contributed by atoms with Crippen molar-refractivity contribution in [2.24, 2.45) is 0 Å². The standard InChI is InChI=1S/C17H22FN3/c1-3-15-13(11-19-12-9-10-12)16(4-2)21(20-15)17-8-6-5-7-14(17)18/h5-8,12,19H,3-4,9-11H2,1-2H3. The Hall–Kier alpha value is -1.68. The normalized spacial score (nSPS) is 14.6. The maximum absolute atomic E-state index is 14.1. The smallest absolute Gasteiger partial charge is 0.148 e. The summed E-state index contributed by atoms with van der Waals surface area (Å²) >= 11 is 0. The quantitative estimate of drug-likeness (QED) is 0.882. The first kappa shape index (κ1) is 14.3. The van der Waals surface area contributed by atoms with Gasteiger partial charge in [0.2, 0.25) is 0 Å². The highest BCUT2D eigenvalue weighted by molar-refractivity contribution is 5.39. The number of nitrogens with one attached hydrogen (secondary N) is 1. The second-order valence-electron chi connectivity index (χ2n) is 5.60. The molecular formula is C17H22FN3. The molecule has 112 valence electrons. The van der Waals surface area contributed by atoms with Crippen LogP contribution in [0.1, 0.15) is 43.6 Å². The van der Waals surface area contributed by atoms with Crippen LogP contribution < -0.4 is 5.32 Å². The Morgan fingerprint density at radius 3 is 2.62 bits per heavy atom. The molecule has 0 spiro atoms. The molecule has 0 aliphatic heterocycles. The van der Waals surface area contributed by atoms with E-state index in [-0.39, 0.29) is 5.82 Å². The second kappa shape index (κ2) is 5.98. The highest BCUT2D eigenvalue weighted by atomic mass is 19.1. The highest BCUT2D eigenvalue weighted by Gasteiger charge is 2.23. The zero-order chi connectivity index (χ0) is 14.8. The van der Waals surface area contributed by atoms with Gasteiger partial charge in [-0.05, 0) is 37.8 Å². The number of para-hydroxylation sites is 1. The van der Waals surface area contributed by atoms with E-state index in [1.165, 1.54) is 24.5 Å². The molecule has 0 amide bonds. The molecular weight excluding hydrogens is 265 g/mol. The van der Waals surface area contributed by atoms with E-state index >= 15 is 0 Å². The van der Waals surface area contributed by atoms with Gasteiger partial charge < -0.3 is 5.32 Å². The fraction of sp³-hybridized carbons (Fsp3) is 0.471. The average molecular weight is 287 g/mol. The van der Waals surface area contributed by atoms with Gasteiger partial charge in [-0.3, -0.25) is 0 Å². The van der Waals surface area contributed by atoms with Crippen LogP contribution in [0.25, 0.3) is 5.69 Å². The maximum atomic E-state index is 14.1. The van der Waals surface area contributed by atoms with Crippen LogP contribution in [0.4, 0.5) is 4.39 Å². The fourth-order valence-corrected chi connectivity index (χ4v) is 2.74. The van der Waals surface area contributed by atoms with Gasteiger partial charge in [-0.2, -0.15) is 5.10 Å². The minimum absolute atomic E-state index is 0.223. The monoisotopic (exact) mass is 287 g/mol. The van der Waals surface area contributed by atoms with Crippen LogP contribution in [-0.4, -0.2) is 15.8 Å². The molecule has 0 bridgehead atoms. The zero-order valence-electron chi connectivity index (χ0n) is 12.7. The molecule has 21 heavy (non-hydrogen) atoms. The number of nitrogens with zero attached hydrogens (tertiary/aromatic N) is 2. The zero-order valence-corrected chi connectivity index (χ0v) is 12.7. The van der Waals surface area contributed by atoms with Crippen molar-refractivity contribution in [1.29, 1.82) is 0 Å². The summed E-state index contributed by atoms with van der Waals surface area (Å²) in [5, 5.41) is 8.22.